The van der Waals surface area contributed by atoms with Gasteiger partial charge in [-0.1, -0.05) is 60.1 Å². The third-order valence-electron chi connectivity index (χ3n) is 4.39. The molecule has 0 fully saturated rings. The van der Waals surface area contributed by atoms with Crippen molar-refractivity contribution in [1.29, 1.82) is 0 Å². The van der Waals surface area contributed by atoms with Crippen LogP contribution >= 0.6 is 24.2 Å². The van der Waals surface area contributed by atoms with Crippen LogP contribution in [-0.4, -0.2) is 9.78 Å². The molecule has 0 saturated carbocycles. The topological polar surface area (TPSA) is 62.5 Å². The molecule has 1 atom stereocenters. The molecule has 1 aromatic heterocycles. The first kappa shape index (κ1) is 19.2. The van der Waals surface area contributed by atoms with Crippen LogP contribution in [0.4, 0.5) is 11.4 Å². The average molecular weight is 421 g/mol. The van der Waals surface area contributed by atoms with Crippen molar-refractivity contribution in [1.82, 2.24) is 9.78 Å². The van der Waals surface area contributed by atoms with Crippen LogP contribution in [-0.2, 0) is 0 Å². The van der Waals surface area contributed by atoms with Gasteiger partial charge in [0.05, 0.1) is 22.3 Å². The number of aromatic nitrogens is 2. The van der Waals surface area contributed by atoms with Gasteiger partial charge in [0.1, 0.15) is 0 Å². The van der Waals surface area contributed by atoms with Gasteiger partial charge in [-0.2, -0.15) is 17.7 Å². The molecule has 0 radical (unpaired) electrons. The Morgan fingerprint density at radius 3 is 2.14 bits per heavy atom. The Bertz CT molecular complexity index is 1190. The highest BCUT2D eigenvalue weighted by atomic mass is 35.5. The zero-order valence-corrected chi connectivity index (χ0v) is 16.9. The number of aromatic amines is 1. The monoisotopic (exact) mass is 420 g/mol. The van der Waals surface area contributed by atoms with Crippen LogP contribution in [0.25, 0.3) is 5.69 Å². The van der Waals surface area contributed by atoms with Crippen LogP contribution in [0, 0.1) is 0 Å². The minimum atomic E-state index is -0.408. The number of benzene rings is 3. The molecule has 0 saturated heterocycles. The zero-order chi connectivity index (χ0) is 20.2. The molecule has 144 valence electrons. The summed E-state index contributed by atoms with van der Waals surface area (Å²) in [7, 11) is 0. The smallest absolute Gasteiger partial charge is 0.291 e. The Labute approximate surface area is 178 Å². The molecule has 29 heavy (non-hydrogen) atoms. The van der Waals surface area contributed by atoms with Crippen molar-refractivity contribution in [3.8, 4) is 5.69 Å². The van der Waals surface area contributed by atoms with Gasteiger partial charge in [0.2, 0.25) is 0 Å². The van der Waals surface area contributed by atoms with E-state index in [2.05, 4.69) is 15.3 Å². The van der Waals surface area contributed by atoms with Gasteiger partial charge in [0, 0.05) is 5.02 Å². The number of H-pyrrole nitrogens is 1. The highest BCUT2D eigenvalue weighted by Crippen LogP contribution is 2.33. The molecule has 0 bridgehead atoms. The number of hydrogen-bond donors (Lipinski definition) is 2. The van der Waals surface area contributed by atoms with E-state index < -0.39 is 5.25 Å². The second-order valence-corrected chi connectivity index (χ2v) is 7.29. The zero-order valence-electron chi connectivity index (χ0n) is 15.2. The van der Waals surface area contributed by atoms with E-state index in [1.165, 1.54) is 4.68 Å². The molecule has 0 aliphatic rings. The van der Waals surface area contributed by atoms with Crippen molar-refractivity contribution in [3.05, 3.63) is 112 Å². The van der Waals surface area contributed by atoms with Crippen molar-refractivity contribution >= 4 is 35.6 Å². The van der Waals surface area contributed by atoms with E-state index in [0.717, 1.165) is 5.56 Å². The molecule has 1 unspecified atom stereocenters. The summed E-state index contributed by atoms with van der Waals surface area (Å²) in [6.45, 7) is 0. The highest BCUT2D eigenvalue weighted by Gasteiger charge is 2.22. The van der Waals surface area contributed by atoms with Crippen LogP contribution in [0.1, 0.15) is 16.5 Å². The van der Waals surface area contributed by atoms with E-state index >= 15 is 0 Å². The Morgan fingerprint density at radius 2 is 1.48 bits per heavy atom. The molecule has 0 aliphatic carbocycles. The molecular formula is C22H17ClN4OS. The number of hydrogen-bond acceptors (Lipinski definition) is 4. The maximum Gasteiger partial charge on any atom is 0.299 e. The van der Waals surface area contributed by atoms with E-state index in [1.807, 2.05) is 72.8 Å². The Kier molecular flexibility index (Phi) is 5.64. The van der Waals surface area contributed by atoms with Gasteiger partial charge in [-0.05, 0) is 42.0 Å². The van der Waals surface area contributed by atoms with E-state index in [9.17, 15) is 4.79 Å². The molecular weight excluding hydrogens is 404 g/mol. The quantitative estimate of drug-likeness (QED) is 0.290. The lowest BCUT2D eigenvalue weighted by Crippen LogP contribution is -2.13. The predicted molar refractivity (Wildman–Crippen MR) is 119 cm³/mol. The predicted octanol–water partition coefficient (Wildman–Crippen LogP) is 6.25. The van der Waals surface area contributed by atoms with Crippen LogP contribution in [0.5, 0.6) is 0 Å². The number of rotatable bonds is 5. The molecule has 0 amide bonds. The molecule has 1 N–H and O–H groups in total. The lowest BCUT2D eigenvalue weighted by Gasteiger charge is -2.10. The van der Waals surface area contributed by atoms with Gasteiger partial charge in [-0.3, -0.25) is 9.89 Å². The summed E-state index contributed by atoms with van der Waals surface area (Å²) < 4.78 is 1.45. The standard InChI is InChI=1S/C22H17ClN4OS/c23-16-13-11-15(12-14-16)21(29)19-20(25-24-17-7-3-1-4-8-17)22(28)27(26-19)18-9-5-2-6-10-18/h1-14,21,26,29H. The Balaban J connectivity index is 1.83. The molecule has 0 spiro atoms. The third-order valence-corrected chi connectivity index (χ3v) is 5.20. The summed E-state index contributed by atoms with van der Waals surface area (Å²) in [4.78, 5) is 13.1. The fraction of sp³-hybridized carbons (Fsp3) is 0.0455. The summed E-state index contributed by atoms with van der Waals surface area (Å²) >= 11 is 10.7. The molecule has 4 rings (SSSR count). The Morgan fingerprint density at radius 1 is 0.862 bits per heavy atom. The van der Waals surface area contributed by atoms with Crippen molar-refractivity contribution in [2.45, 2.75) is 5.25 Å². The maximum absolute atomic E-state index is 13.1. The van der Waals surface area contributed by atoms with Crippen LogP contribution in [0.2, 0.25) is 5.02 Å². The number of para-hydroxylation sites is 1. The molecule has 3 aromatic carbocycles. The van der Waals surface area contributed by atoms with Crippen molar-refractivity contribution in [2.24, 2.45) is 10.2 Å². The van der Waals surface area contributed by atoms with Crippen LogP contribution in [0.3, 0.4) is 0 Å². The van der Waals surface area contributed by atoms with Gasteiger partial charge in [-0.25, -0.2) is 4.68 Å². The van der Waals surface area contributed by atoms with Crippen molar-refractivity contribution in [3.63, 3.8) is 0 Å². The summed E-state index contributed by atoms with van der Waals surface area (Å²) in [6, 6.07) is 25.9. The van der Waals surface area contributed by atoms with Gasteiger partial charge >= 0.3 is 0 Å². The van der Waals surface area contributed by atoms with Crippen molar-refractivity contribution in [2.75, 3.05) is 0 Å². The van der Waals surface area contributed by atoms with Crippen molar-refractivity contribution < 1.29 is 0 Å². The van der Waals surface area contributed by atoms with E-state index in [-0.39, 0.29) is 11.2 Å². The fourth-order valence-corrected chi connectivity index (χ4v) is 3.38. The highest BCUT2D eigenvalue weighted by molar-refractivity contribution is 7.80. The lowest BCUT2D eigenvalue weighted by molar-refractivity contribution is 0.822. The van der Waals surface area contributed by atoms with Gasteiger partial charge < -0.3 is 0 Å². The average Bonchev–Trinajstić information content (AvgIpc) is 3.10. The number of thiol groups is 1. The summed E-state index contributed by atoms with van der Waals surface area (Å²) in [5.41, 5.74) is 2.73. The summed E-state index contributed by atoms with van der Waals surface area (Å²) in [5, 5.41) is 11.9. The number of nitrogens with zero attached hydrogens (tertiary/aromatic N) is 3. The summed E-state index contributed by atoms with van der Waals surface area (Å²) in [5.74, 6) is 0. The van der Waals surface area contributed by atoms with Gasteiger partial charge in [-0.15, -0.1) is 5.11 Å². The number of nitrogens with one attached hydrogen (secondary N) is 1. The van der Waals surface area contributed by atoms with E-state index in [1.54, 1.807) is 12.1 Å². The molecule has 5 nitrogen and oxygen atoms in total. The second-order valence-electron chi connectivity index (χ2n) is 6.34. The molecule has 4 aromatic rings. The second kappa shape index (κ2) is 8.51. The van der Waals surface area contributed by atoms with Gasteiger partial charge in [0.15, 0.2) is 5.69 Å². The molecule has 0 aliphatic heterocycles. The minimum Gasteiger partial charge on any atom is -0.291 e. The first-order valence-electron chi connectivity index (χ1n) is 8.94. The van der Waals surface area contributed by atoms with E-state index in [4.69, 9.17) is 24.2 Å². The minimum absolute atomic E-state index is 0.215. The first-order chi connectivity index (χ1) is 14.1. The SMILES string of the molecule is O=c1c(N=Nc2ccccc2)c(C(S)c2ccc(Cl)cc2)[nH]n1-c1ccccc1. The third kappa shape index (κ3) is 4.18. The first-order valence-corrected chi connectivity index (χ1v) is 9.83. The number of azo groups is 1. The molecule has 1 heterocycles. The number of halogens is 1. The van der Waals surface area contributed by atoms with E-state index in [0.29, 0.717) is 22.1 Å². The Hall–Kier alpha value is -3.09. The van der Waals surface area contributed by atoms with Crippen LogP contribution in [0.15, 0.2) is 100.0 Å². The largest absolute Gasteiger partial charge is 0.299 e. The summed E-state index contributed by atoms with van der Waals surface area (Å²) in [6.07, 6.45) is 0. The fourth-order valence-electron chi connectivity index (χ4n) is 2.91. The normalized spacial score (nSPS) is 12.3. The lowest BCUT2D eigenvalue weighted by atomic mass is 10.1. The van der Waals surface area contributed by atoms with Gasteiger partial charge in [0.25, 0.3) is 5.56 Å². The molecule has 7 heteroatoms. The van der Waals surface area contributed by atoms with Crippen LogP contribution < -0.4 is 5.56 Å². The maximum atomic E-state index is 13.1.